The summed E-state index contributed by atoms with van der Waals surface area (Å²) in [5.41, 5.74) is 5.06. The van der Waals surface area contributed by atoms with E-state index in [0.29, 0.717) is 22.6 Å². The van der Waals surface area contributed by atoms with E-state index in [1.807, 2.05) is 26.0 Å². The Balaban J connectivity index is 1.53. The number of benzene rings is 2. The van der Waals surface area contributed by atoms with Crippen molar-refractivity contribution in [3.63, 3.8) is 0 Å². The number of carbonyl (C=O) groups excluding carboxylic acids is 1. The number of hydrogen-bond donors (Lipinski definition) is 2. The van der Waals surface area contributed by atoms with Gasteiger partial charge in [-0.05, 0) is 62.4 Å². The second-order valence-electron chi connectivity index (χ2n) is 6.48. The van der Waals surface area contributed by atoms with Crippen LogP contribution < -0.4 is 11.1 Å². The lowest BCUT2D eigenvalue weighted by Crippen LogP contribution is -2.12. The molecule has 4 aromatic rings. The van der Waals surface area contributed by atoms with Crippen molar-refractivity contribution in [3.05, 3.63) is 88.2 Å². The minimum atomic E-state index is -0.627. The third-order valence-electron chi connectivity index (χ3n) is 4.49. The maximum absolute atomic E-state index is 12.6. The molecule has 28 heavy (non-hydrogen) atoms. The van der Waals surface area contributed by atoms with E-state index in [0.717, 1.165) is 17.1 Å². The summed E-state index contributed by atoms with van der Waals surface area (Å²) in [6.07, 6.45) is 0. The van der Waals surface area contributed by atoms with Crippen molar-refractivity contribution in [2.75, 3.05) is 5.32 Å². The molecule has 7 nitrogen and oxygen atoms in total. The van der Waals surface area contributed by atoms with Gasteiger partial charge in [0.15, 0.2) is 5.82 Å². The molecule has 0 atom stereocenters. The van der Waals surface area contributed by atoms with Gasteiger partial charge in [-0.3, -0.25) is 14.3 Å². The Morgan fingerprint density at radius 2 is 1.75 bits per heavy atom. The monoisotopic (exact) mass is 374 g/mol. The van der Waals surface area contributed by atoms with Crippen LogP contribution in [0, 0.1) is 13.8 Å². The van der Waals surface area contributed by atoms with Crippen LogP contribution in [0.3, 0.4) is 0 Å². The highest BCUT2D eigenvalue weighted by molar-refractivity contribution is 6.04. The van der Waals surface area contributed by atoms with Crippen LogP contribution in [-0.4, -0.2) is 20.6 Å². The van der Waals surface area contributed by atoms with Crippen LogP contribution in [0.5, 0.6) is 0 Å². The standard InChI is InChI=1S/C21H18N4O3/c1-13-6-7-14(2)25(13)18-10-8-15(9-11-18)20(26)22-17-5-3-4-16(12-17)19-23-21(27)28-24-19/h3-12H,1-2H3,(H,22,26)(H,23,24,27). The fourth-order valence-corrected chi connectivity index (χ4v) is 3.14. The van der Waals surface area contributed by atoms with Gasteiger partial charge in [-0.2, -0.15) is 0 Å². The summed E-state index contributed by atoms with van der Waals surface area (Å²) >= 11 is 0. The minimum Gasteiger partial charge on any atom is -0.322 e. The largest absolute Gasteiger partial charge is 0.439 e. The predicted octanol–water partition coefficient (Wildman–Crippen LogP) is 3.69. The number of hydrogen-bond acceptors (Lipinski definition) is 4. The third kappa shape index (κ3) is 3.37. The zero-order valence-corrected chi connectivity index (χ0v) is 15.4. The minimum absolute atomic E-state index is 0.224. The van der Waals surface area contributed by atoms with Gasteiger partial charge in [0.25, 0.3) is 5.91 Å². The first-order valence-corrected chi connectivity index (χ1v) is 8.74. The van der Waals surface area contributed by atoms with E-state index >= 15 is 0 Å². The van der Waals surface area contributed by atoms with Crippen molar-refractivity contribution in [1.82, 2.24) is 14.7 Å². The molecular weight excluding hydrogens is 356 g/mol. The van der Waals surface area contributed by atoms with Gasteiger partial charge in [-0.1, -0.05) is 17.3 Å². The summed E-state index contributed by atoms with van der Waals surface area (Å²) in [6.45, 7) is 4.09. The Bertz CT molecular complexity index is 1180. The normalized spacial score (nSPS) is 10.8. The summed E-state index contributed by atoms with van der Waals surface area (Å²) in [7, 11) is 0. The summed E-state index contributed by atoms with van der Waals surface area (Å²) in [6, 6.07) is 18.6. The molecule has 0 aliphatic rings. The fourth-order valence-electron chi connectivity index (χ4n) is 3.14. The van der Waals surface area contributed by atoms with Crippen molar-refractivity contribution in [2.24, 2.45) is 0 Å². The second-order valence-corrected chi connectivity index (χ2v) is 6.48. The van der Waals surface area contributed by atoms with E-state index in [1.54, 1.807) is 36.4 Å². The van der Waals surface area contributed by atoms with Gasteiger partial charge >= 0.3 is 5.76 Å². The maximum Gasteiger partial charge on any atom is 0.439 e. The third-order valence-corrected chi connectivity index (χ3v) is 4.49. The van der Waals surface area contributed by atoms with E-state index in [9.17, 15) is 9.59 Å². The highest BCUT2D eigenvalue weighted by atomic mass is 16.5. The summed E-state index contributed by atoms with van der Waals surface area (Å²) in [5.74, 6) is -0.543. The van der Waals surface area contributed by atoms with Crippen LogP contribution >= 0.6 is 0 Å². The lowest BCUT2D eigenvalue weighted by molar-refractivity contribution is 0.102. The molecule has 0 unspecified atom stereocenters. The quantitative estimate of drug-likeness (QED) is 0.570. The first-order valence-electron chi connectivity index (χ1n) is 8.74. The lowest BCUT2D eigenvalue weighted by atomic mass is 10.1. The van der Waals surface area contributed by atoms with Crippen molar-refractivity contribution >= 4 is 11.6 Å². The summed E-state index contributed by atoms with van der Waals surface area (Å²) < 4.78 is 6.65. The number of aromatic nitrogens is 3. The highest BCUT2D eigenvalue weighted by Gasteiger charge is 2.10. The molecule has 0 spiro atoms. The number of H-pyrrole nitrogens is 1. The van der Waals surface area contributed by atoms with Crippen LogP contribution in [0.25, 0.3) is 17.1 Å². The zero-order valence-electron chi connectivity index (χ0n) is 15.4. The van der Waals surface area contributed by atoms with E-state index in [4.69, 9.17) is 0 Å². The second kappa shape index (κ2) is 7.03. The van der Waals surface area contributed by atoms with E-state index in [-0.39, 0.29) is 5.91 Å². The van der Waals surface area contributed by atoms with Crippen molar-refractivity contribution in [3.8, 4) is 17.1 Å². The van der Waals surface area contributed by atoms with Crippen molar-refractivity contribution in [1.29, 1.82) is 0 Å². The Morgan fingerprint density at radius 3 is 2.39 bits per heavy atom. The summed E-state index contributed by atoms with van der Waals surface area (Å²) in [5, 5.41) is 6.51. The molecule has 0 fully saturated rings. The van der Waals surface area contributed by atoms with Gasteiger partial charge in [0, 0.05) is 33.9 Å². The Morgan fingerprint density at radius 1 is 1.04 bits per heavy atom. The highest BCUT2D eigenvalue weighted by Crippen LogP contribution is 2.20. The number of rotatable bonds is 4. The van der Waals surface area contributed by atoms with E-state index < -0.39 is 5.76 Å². The lowest BCUT2D eigenvalue weighted by Gasteiger charge is -2.11. The zero-order chi connectivity index (χ0) is 19.7. The van der Waals surface area contributed by atoms with Crippen molar-refractivity contribution in [2.45, 2.75) is 13.8 Å². The number of amides is 1. The summed E-state index contributed by atoms with van der Waals surface area (Å²) in [4.78, 5) is 26.2. The average molecular weight is 374 g/mol. The van der Waals surface area contributed by atoms with Crippen molar-refractivity contribution < 1.29 is 9.32 Å². The van der Waals surface area contributed by atoms with Gasteiger partial charge in [-0.25, -0.2) is 4.79 Å². The number of aryl methyl sites for hydroxylation is 2. The molecule has 4 rings (SSSR count). The molecule has 0 aliphatic carbocycles. The number of anilines is 1. The van der Waals surface area contributed by atoms with E-state index in [1.165, 1.54) is 0 Å². The number of nitrogens with zero attached hydrogens (tertiary/aromatic N) is 2. The number of nitrogens with one attached hydrogen (secondary N) is 2. The average Bonchev–Trinajstić information content (AvgIpc) is 3.27. The molecule has 0 radical (unpaired) electrons. The Hall–Kier alpha value is -3.87. The molecule has 7 heteroatoms. The molecule has 2 aromatic carbocycles. The predicted molar refractivity (Wildman–Crippen MR) is 106 cm³/mol. The van der Waals surface area contributed by atoms with E-state index in [2.05, 4.69) is 36.7 Å². The maximum atomic E-state index is 12.6. The molecular formula is C21H18N4O3. The first-order chi connectivity index (χ1) is 13.5. The van der Waals surface area contributed by atoms with Crippen LogP contribution in [0.15, 0.2) is 70.0 Å². The van der Waals surface area contributed by atoms with Gasteiger partial charge in [0.1, 0.15) is 0 Å². The van der Waals surface area contributed by atoms with Gasteiger partial charge in [0.2, 0.25) is 0 Å². The van der Waals surface area contributed by atoms with Crippen LogP contribution in [0.4, 0.5) is 5.69 Å². The van der Waals surface area contributed by atoms with Crippen LogP contribution in [-0.2, 0) is 0 Å². The molecule has 0 saturated carbocycles. The SMILES string of the molecule is Cc1ccc(C)n1-c1ccc(C(=O)Nc2cccc(-c3noc(=O)[nH]3)c2)cc1. The Labute approximate surface area is 160 Å². The molecule has 2 heterocycles. The molecule has 1 amide bonds. The molecule has 140 valence electrons. The topological polar surface area (TPSA) is 92.9 Å². The van der Waals surface area contributed by atoms with Gasteiger partial charge < -0.3 is 9.88 Å². The molecule has 2 aromatic heterocycles. The molecule has 2 N–H and O–H groups in total. The smallest absolute Gasteiger partial charge is 0.322 e. The fraction of sp³-hybridized carbons (Fsp3) is 0.0952. The molecule has 0 saturated heterocycles. The molecule has 0 bridgehead atoms. The number of carbonyl (C=O) groups is 1. The Kier molecular flexibility index (Phi) is 4.41. The van der Waals surface area contributed by atoms with Crippen LogP contribution in [0.1, 0.15) is 21.7 Å². The van der Waals surface area contributed by atoms with Gasteiger partial charge in [0.05, 0.1) is 0 Å². The molecule has 0 aliphatic heterocycles. The number of aromatic amines is 1. The first kappa shape index (κ1) is 17.5. The van der Waals surface area contributed by atoms with Crippen LogP contribution in [0.2, 0.25) is 0 Å². The van der Waals surface area contributed by atoms with Gasteiger partial charge in [-0.15, -0.1) is 0 Å².